The molecule has 3 nitrogen and oxygen atoms in total. The van der Waals surface area contributed by atoms with Gasteiger partial charge in [-0.3, -0.25) is 4.55 Å². The van der Waals surface area contributed by atoms with Gasteiger partial charge in [0.2, 0.25) is 0 Å². The summed E-state index contributed by atoms with van der Waals surface area (Å²) in [5.41, 5.74) is 1.85. The molecule has 0 aliphatic heterocycles. The molecule has 0 bridgehead atoms. The van der Waals surface area contributed by atoms with E-state index in [0.717, 1.165) is 11.1 Å². The number of hydrogen-bond donors (Lipinski definition) is 1. The van der Waals surface area contributed by atoms with Crippen LogP contribution in [0.15, 0.2) is 30.8 Å². The van der Waals surface area contributed by atoms with E-state index in [9.17, 15) is 8.42 Å². The van der Waals surface area contributed by atoms with Crippen LogP contribution in [0.2, 0.25) is 0 Å². The van der Waals surface area contributed by atoms with Crippen LogP contribution < -0.4 is 0 Å². The van der Waals surface area contributed by atoms with Crippen molar-refractivity contribution in [2.45, 2.75) is 12.8 Å². The first kappa shape index (κ1) is 13.2. The van der Waals surface area contributed by atoms with Crippen molar-refractivity contribution in [3.8, 4) is 0 Å². The molecule has 0 heterocycles. The van der Waals surface area contributed by atoms with Crippen molar-refractivity contribution >= 4 is 26.8 Å². The Morgan fingerprint density at radius 2 is 1.88 bits per heavy atom. The molecule has 0 spiro atoms. The van der Waals surface area contributed by atoms with Crippen LogP contribution in [0.3, 0.4) is 0 Å². The van der Waals surface area contributed by atoms with Gasteiger partial charge in [-0.2, -0.15) is 8.42 Å². The molecule has 0 radical (unpaired) electrons. The fraction of sp³-hybridized carbons (Fsp3) is 0.273. The van der Waals surface area contributed by atoms with Crippen molar-refractivity contribution < 1.29 is 13.0 Å². The Morgan fingerprint density at radius 1 is 1.31 bits per heavy atom. The highest BCUT2D eigenvalue weighted by atomic mass is 35.5. The van der Waals surface area contributed by atoms with Gasteiger partial charge in [0.25, 0.3) is 10.1 Å². The lowest BCUT2D eigenvalue weighted by molar-refractivity contribution is 0.481. The van der Waals surface area contributed by atoms with Gasteiger partial charge in [-0.25, -0.2) is 0 Å². The summed E-state index contributed by atoms with van der Waals surface area (Å²) in [7, 11) is -3.85. The van der Waals surface area contributed by atoms with Crippen molar-refractivity contribution in [2.75, 3.05) is 5.75 Å². The maximum atomic E-state index is 10.5. The third kappa shape index (κ3) is 4.79. The molecule has 0 atom stereocenters. The lowest BCUT2D eigenvalue weighted by Gasteiger charge is -2.02. The highest BCUT2D eigenvalue weighted by molar-refractivity contribution is 7.85. The standard InChI is InChI=1S/C11H13ClO3S/c1-9(12)11-6-4-10(5-7-11)3-2-8-16(13,14)15/h4-7H,1-3,8H2,(H,13,14,15). The van der Waals surface area contributed by atoms with Crippen LogP contribution in [0.1, 0.15) is 17.5 Å². The quantitative estimate of drug-likeness (QED) is 0.829. The molecule has 1 aromatic rings. The van der Waals surface area contributed by atoms with E-state index in [-0.39, 0.29) is 5.75 Å². The van der Waals surface area contributed by atoms with E-state index in [1.54, 1.807) is 0 Å². The zero-order valence-electron chi connectivity index (χ0n) is 8.69. The van der Waals surface area contributed by atoms with E-state index in [0.29, 0.717) is 17.9 Å². The molecule has 0 amide bonds. The minimum Gasteiger partial charge on any atom is -0.286 e. The number of hydrogen-bond acceptors (Lipinski definition) is 2. The molecule has 88 valence electrons. The van der Waals surface area contributed by atoms with Gasteiger partial charge in [-0.1, -0.05) is 42.4 Å². The molecule has 1 aromatic carbocycles. The second-order valence-corrected chi connectivity index (χ2v) is 5.52. The van der Waals surface area contributed by atoms with Crippen LogP contribution in [0.25, 0.3) is 5.03 Å². The minimum atomic E-state index is -3.85. The molecule has 0 saturated heterocycles. The molecule has 0 saturated carbocycles. The number of benzene rings is 1. The molecule has 5 heteroatoms. The van der Waals surface area contributed by atoms with E-state index in [4.69, 9.17) is 16.2 Å². The fourth-order valence-corrected chi connectivity index (χ4v) is 1.95. The first-order valence-corrected chi connectivity index (χ1v) is 6.76. The van der Waals surface area contributed by atoms with Gasteiger partial charge < -0.3 is 0 Å². The molecule has 0 aliphatic carbocycles. The van der Waals surface area contributed by atoms with Crippen LogP contribution in [0, 0.1) is 0 Å². The summed E-state index contributed by atoms with van der Waals surface area (Å²) in [5.74, 6) is -0.211. The predicted octanol–water partition coefficient (Wildman–Crippen LogP) is 2.72. The van der Waals surface area contributed by atoms with E-state index >= 15 is 0 Å². The first-order chi connectivity index (χ1) is 7.38. The highest BCUT2D eigenvalue weighted by Gasteiger charge is 2.04. The molecule has 0 aromatic heterocycles. The molecule has 0 unspecified atom stereocenters. The summed E-state index contributed by atoms with van der Waals surface area (Å²) in [6, 6.07) is 7.40. The van der Waals surface area contributed by atoms with Crippen molar-refractivity contribution in [3.05, 3.63) is 42.0 Å². The maximum Gasteiger partial charge on any atom is 0.264 e. The average molecular weight is 261 g/mol. The lowest BCUT2D eigenvalue weighted by Crippen LogP contribution is -2.04. The molecule has 0 fully saturated rings. The molecule has 16 heavy (non-hydrogen) atoms. The normalized spacial score (nSPS) is 11.4. The Hall–Kier alpha value is -0.840. The van der Waals surface area contributed by atoms with E-state index in [1.807, 2.05) is 24.3 Å². The number of halogens is 1. The lowest BCUT2D eigenvalue weighted by atomic mass is 10.1. The summed E-state index contributed by atoms with van der Waals surface area (Å²) in [5, 5.41) is 0.476. The second kappa shape index (κ2) is 5.48. The third-order valence-electron chi connectivity index (χ3n) is 2.13. The number of aryl methyl sites for hydroxylation is 1. The second-order valence-electron chi connectivity index (χ2n) is 3.49. The van der Waals surface area contributed by atoms with Crippen molar-refractivity contribution in [1.29, 1.82) is 0 Å². The summed E-state index contributed by atoms with van der Waals surface area (Å²) >= 11 is 5.71. The van der Waals surface area contributed by atoms with Crippen LogP contribution in [0.5, 0.6) is 0 Å². The Morgan fingerprint density at radius 3 is 2.31 bits per heavy atom. The van der Waals surface area contributed by atoms with Crippen molar-refractivity contribution in [2.24, 2.45) is 0 Å². The van der Waals surface area contributed by atoms with Crippen LogP contribution in [-0.2, 0) is 16.5 Å². The van der Waals surface area contributed by atoms with Gasteiger partial charge in [0.05, 0.1) is 5.75 Å². The first-order valence-electron chi connectivity index (χ1n) is 4.77. The predicted molar refractivity (Wildman–Crippen MR) is 66.1 cm³/mol. The highest BCUT2D eigenvalue weighted by Crippen LogP contribution is 2.17. The topological polar surface area (TPSA) is 54.4 Å². The summed E-state index contributed by atoms with van der Waals surface area (Å²) in [4.78, 5) is 0. The van der Waals surface area contributed by atoms with Gasteiger partial charge in [0.1, 0.15) is 0 Å². The monoisotopic (exact) mass is 260 g/mol. The van der Waals surface area contributed by atoms with Gasteiger partial charge in [-0.05, 0) is 24.0 Å². The van der Waals surface area contributed by atoms with Crippen LogP contribution in [0.4, 0.5) is 0 Å². The molecule has 1 N–H and O–H groups in total. The maximum absolute atomic E-state index is 10.5. The van der Waals surface area contributed by atoms with E-state index in [1.165, 1.54) is 0 Å². The molecular weight excluding hydrogens is 248 g/mol. The van der Waals surface area contributed by atoms with Crippen molar-refractivity contribution in [1.82, 2.24) is 0 Å². The smallest absolute Gasteiger partial charge is 0.264 e. The van der Waals surface area contributed by atoms with Crippen LogP contribution >= 0.6 is 11.6 Å². The molecular formula is C11H13ClO3S. The third-order valence-corrected chi connectivity index (χ3v) is 3.16. The average Bonchev–Trinajstić information content (AvgIpc) is 2.16. The Balaban J connectivity index is 2.53. The Labute approximate surface area is 100 Å². The zero-order chi connectivity index (χ0) is 12.2. The van der Waals surface area contributed by atoms with Gasteiger partial charge in [-0.15, -0.1) is 0 Å². The largest absolute Gasteiger partial charge is 0.286 e. The minimum absolute atomic E-state index is 0.211. The fourth-order valence-electron chi connectivity index (χ4n) is 1.31. The van der Waals surface area contributed by atoms with Gasteiger partial charge in [0.15, 0.2) is 0 Å². The summed E-state index contributed by atoms with van der Waals surface area (Å²) in [6.45, 7) is 3.60. The molecule has 1 rings (SSSR count). The van der Waals surface area contributed by atoms with Crippen molar-refractivity contribution in [3.63, 3.8) is 0 Å². The van der Waals surface area contributed by atoms with E-state index < -0.39 is 10.1 Å². The SMILES string of the molecule is C=C(Cl)c1ccc(CCCS(=O)(=O)O)cc1. The Kier molecular flexibility index (Phi) is 4.53. The zero-order valence-corrected chi connectivity index (χ0v) is 10.3. The number of rotatable bonds is 5. The summed E-state index contributed by atoms with van der Waals surface area (Å²) in [6.07, 6.45) is 1.01. The Bertz CT molecular complexity index is 463. The van der Waals surface area contributed by atoms with Gasteiger partial charge in [0, 0.05) is 5.03 Å². The van der Waals surface area contributed by atoms with Gasteiger partial charge >= 0.3 is 0 Å². The molecule has 0 aliphatic rings. The summed E-state index contributed by atoms with van der Waals surface area (Å²) < 4.78 is 29.5. The van der Waals surface area contributed by atoms with Crippen LogP contribution in [-0.4, -0.2) is 18.7 Å². The van der Waals surface area contributed by atoms with E-state index in [2.05, 4.69) is 6.58 Å².